The molecule has 0 N–H and O–H groups in total. The number of hydrogen-bond donors (Lipinski definition) is 0. The van der Waals surface area contributed by atoms with Crippen molar-refractivity contribution in [2.75, 3.05) is 161 Å². The van der Waals surface area contributed by atoms with Crippen LogP contribution < -0.4 is 0 Å². The van der Waals surface area contributed by atoms with Crippen molar-refractivity contribution in [2.45, 2.75) is 52.6 Å². The molecule has 8 nitrogen and oxygen atoms in total. The van der Waals surface area contributed by atoms with Crippen LogP contribution in [0.5, 0.6) is 0 Å². The van der Waals surface area contributed by atoms with Crippen LogP contribution in [0.4, 0.5) is 0 Å². The zero-order chi connectivity index (χ0) is 30.3. The summed E-state index contributed by atoms with van der Waals surface area (Å²) >= 11 is 0. The highest BCUT2D eigenvalue weighted by Crippen LogP contribution is 2.13. The third kappa shape index (κ3) is 15.2. The predicted octanol–water partition coefficient (Wildman–Crippen LogP) is 2.08. The van der Waals surface area contributed by atoms with E-state index >= 15 is 0 Å². The highest BCUT2D eigenvalue weighted by molar-refractivity contribution is 4.64. The zero-order valence-corrected chi connectivity index (χ0v) is 29.5. The summed E-state index contributed by atoms with van der Waals surface area (Å²) in [5, 5.41) is 0. The first kappa shape index (κ1) is 37.7. The lowest BCUT2D eigenvalue weighted by Crippen LogP contribution is -2.56. The van der Waals surface area contributed by atoms with Crippen molar-refractivity contribution in [3.63, 3.8) is 0 Å². The quantitative estimate of drug-likeness (QED) is 0.471. The van der Waals surface area contributed by atoms with Crippen LogP contribution in [0.25, 0.3) is 0 Å². The van der Waals surface area contributed by atoms with Crippen molar-refractivity contribution >= 4 is 0 Å². The molecule has 0 bridgehead atoms. The standard InChI is InChI=1S/C17H39N4.C15H35N4/c1-17(2)21(6)15-8-11-19(4)13-12-18(3)9-7-10-20(5)14-16-21;1-15(2)19(6)13-11-17(4)9-7-16(3)8-10-18(5)12-14-19/h17H,7-16H2,1-6H3;15H,7-14H2,1-6H3/q2*+1/t21-;/m0./s1. The fraction of sp³-hybridized carbons (Fsp3) is 1.00. The van der Waals surface area contributed by atoms with E-state index in [0.717, 1.165) is 0 Å². The Hall–Kier alpha value is -0.320. The van der Waals surface area contributed by atoms with Gasteiger partial charge in [0.25, 0.3) is 0 Å². The summed E-state index contributed by atoms with van der Waals surface area (Å²) < 4.78 is 2.39. The molecule has 0 aromatic rings. The number of rotatable bonds is 2. The molecule has 1 atom stereocenters. The van der Waals surface area contributed by atoms with Crippen LogP contribution in [-0.4, -0.2) is 212 Å². The Kier molecular flexibility index (Phi) is 18.0. The van der Waals surface area contributed by atoms with Crippen molar-refractivity contribution < 1.29 is 8.97 Å². The second kappa shape index (κ2) is 19.1. The van der Waals surface area contributed by atoms with E-state index in [-0.39, 0.29) is 0 Å². The Morgan fingerprint density at radius 3 is 0.950 bits per heavy atom. The normalized spacial score (nSPS) is 28.4. The van der Waals surface area contributed by atoms with Crippen molar-refractivity contribution in [3.8, 4) is 0 Å². The van der Waals surface area contributed by atoms with E-state index in [2.05, 4.69) is 113 Å². The Labute approximate surface area is 252 Å². The Morgan fingerprint density at radius 1 is 0.350 bits per heavy atom. The molecule has 2 aliphatic rings. The lowest BCUT2D eigenvalue weighted by Gasteiger charge is -2.41. The summed E-state index contributed by atoms with van der Waals surface area (Å²) in [5.41, 5.74) is 0. The molecule has 0 radical (unpaired) electrons. The van der Waals surface area contributed by atoms with Crippen molar-refractivity contribution in [3.05, 3.63) is 0 Å². The van der Waals surface area contributed by atoms with Crippen molar-refractivity contribution in [2.24, 2.45) is 0 Å². The van der Waals surface area contributed by atoms with Crippen LogP contribution in [-0.2, 0) is 0 Å². The van der Waals surface area contributed by atoms with Gasteiger partial charge in [0, 0.05) is 71.9 Å². The van der Waals surface area contributed by atoms with E-state index in [0.29, 0.717) is 12.1 Å². The molecule has 2 saturated heterocycles. The summed E-state index contributed by atoms with van der Waals surface area (Å²) in [7, 11) is 18.4. The summed E-state index contributed by atoms with van der Waals surface area (Å²) in [4.78, 5) is 14.9. The SMILES string of the molecule is CC(C)[N+]1(C)CCN(C)CCN(C)CCN(C)CC1.CC(C)[N@@+]1(C)CCCN(C)CCN(C)CCCN(C)CC1. The molecular weight excluding hydrogens is 496 g/mol. The molecule has 0 aromatic heterocycles. The molecule has 0 aliphatic carbocycles. The molecule has 2 rings (SSSR count). The Morgan fingerprint density at radius 2 is 0.600 bits per heavy atom. The molecule has 40 heavy (non-hydrogen) atoms. The van der Waals surface area contributed by atoms with Gasteiger partial charge in [-0.05, 0) is 89.5 Å². The first-order valence-corrected chi connectivity index (χ1v) is 16.5. The van der Waals surface area contributed by atoms with Crippen LogP contribution in [0.2, 0.25) is 0 Å². The number of likely N-dealkylation sites (N-methyl/N-ethyl adjacent to an activating group) is 8. The van der Waals surface area contributed by atoms with Crippen molar-refractivity contribution in [1.82, 2.24) is 29.4 Å². The van der Waals surface area contributed by atoms with Gasteiger partial charge in [0.05, 0.1) is 52.4 Å². The number of hydrogen-bond acceptors (Lipinski definition) is 6. The van der Waals surface area contributed by atoms with Gasteiger partial charge in [0.2, 0.25) is 0 Å². The number of nitrogens with zero attached hydrogens (tertiary/aromatic N) is 8. The minimum absolute atomic E-state index is 0.701. The van der Waals surface area contributed by atoms with E-state index in [1.54, 1.807) is 0 Å². The smallest absolute Gasteiger partial charge is 0.0916 e. The number of quaternary nitrogens is 2. The molecule has 0 amide bonds. The van der Waals surface area contributed by atoms with Crippen molar-refractivity contribution in [1.29, 1.82) is 0 Å². The minimum atomic E-state index is 0.701. The highest BCUT2D eigenvalue weighted by Gasteiger charge is 2.27. The zero-order valence-electron chi connectivity index (χ0n) is 29.5. The second-order valence-corrected chi connectivity index (χ2v) is 14.6. The van der Waals surface area contributed by atoms with Gasteiger partial charge in [-0.15, -0.1) is 0 Å². The third-order valence-corrected chi connectivity index (χ3v) is 10.3. The minimum Gasteiger partial charge on any atom is -0.323 e. The molecule has 0 unspecified atom stereocenters. The highest BCUT2D eigenvalue weighted by atomic mass is 15.4. The van der Waals surface area contributed by atoms with Crippen LogP contribution in [0.1, 0.15) is 40.5 Å². The summed E-state index contributed by atoms with van der Waals surface area (Å²) in [6, 6.07) is 1.41. The van der Waals surface area contributed by atoms with Gasteiger partial charge in [-0.3, -0.25) is 9.80 Å². The summed E-state index contributed by atoms with van der Waals surface area (Å²) in [6.45, 7) is 28.9. The van der Waals surface area contributed by atoms with Gasteiger partial charge < -0.3 is 28.6 Å². The molecule has 2 aliphatic heterocycles. The summed E-state index contributed by atoms with van der Waals surface area (Å²) in [6.07, 6.45) is 2.58. The third-order valence-electron chi connectivity index (χ3n) is 10.3. The average Bonchev–Trinajstić information content (AvgIpc) is 2.89. The van der Waals surface area contributed by atoms with E-state index in [9.17, 15) is 0 Å². The van der Waals surface area contributed by atoms with Crippen LogP contribution in [0, 0.1) is 0 Å². The first-order chi connectivity index (χ1) is 18.7. The maximum atomic E-state index is 2.52. The molecule has 2 heterocycles. The van der Waals surface area contributed by atoms with E-state index in [1.807, 2.05) is 0 Å². The fourth-order valence-electron chi connectivity index (χ4n) is 5.46. The van der Waals surface area contributed by atoms with Gasteiger partial charge in [0.15, 0.2) is 0 Å². The molecule has 8 heteroatoms. The topological polar surface area (TPSA) is 19.4 Å². The lowest BCUT2D eigenvalue weighted by atomic mass is 10.2. The second-order valence-electron chi connectivity index (χ2n) is 14.6. The maximum Gasteiger partial charge on any atom is 0.0916 e. The van der Waals surface area contributed by atoms with Gasteiger partial charge in [-0.2, -0.15) is 0 Å². The van der Waals surface area contributed by atoms with Gasteiger partial charge in [-0.1, -0.05) is 0 Å². The molecule has 2 fully saturated rings. The van der Waals surface area contributed by atoms with E-state index < -0.39 is 0 Å². The van der Waals surface area contributed by atoms with Gasteiger partial charge in [0.1, 0.15) is 0 Å². The van der Waals surface area contributed by atoms with E-state index in [1.165, 1.54) is 127 Å². The first-order valence-electron chi connectivity index (χ1n) is 16.5. The predicted molar refractivity (Wildman–Crippen MR) is 176 cm³/mol. The Balaban J connectivity index is 0.000000402. The summed E-state index contributed by atoms with van der Waals surface area (Å²) in [5.74, 6) is 0. The molecule has 0 saturated carbocycles. The molecule has 0 aromatic carbocycles. The van der Waals surface area contributed by atoms with Crippen LogP contribution in [0.3, 0.4) is 0 Å². The molecule has 240 valence electrons. The average molecular weight is 571 g/mol. The Bertz CT molecular complexity index is 626. The van der Waals surface area contributed by atoms with Gasteiger partial charge in [-0.25, -0.2) is 0 Å². The molecular formula is C32H74N8+2. The van der Waals surface area contributed by atoms with Crippen LogP contribution >= 0.6 is 0 Å². The molecule has 0 spiro atoms. The largest absolute Gasteiger partial charge is 0.323 e. The lowest BCUT2D eigenvalue weighted by molar-refractivity contribution is -0.929. The fourth-order valence-corrected chi connectivity index (χ4v) is 5.46. The maximum absolute atomic E-state index is 2.52. The van der Waals surface area contributed by atoms with E-state index in [4.69, 9.17) is 0 Å². The van der Waals surface area contributed by atoms with Crippen LogP contribution in [0.15, 0.2) is 0 Å². The van der Waals surface area contributed by atoms with Gasteiger partial charge >= 0.3 is 0 Å². The monoisotopic (exact) mass is 571 g/mol.